The van der Waals surface area contributed by atoms with E-state index in [1.165, 1.54) is 24.3 Å². The molecule has 2 aromatic rings. The third kappa shape index (κ3) is 4.04. The van der Waals surface area contributed by atoms with Gasteiger partial charge in [0, 0.05) is 11.1 Å². The van der Waals surface area contributed by atoms with E-state index >= 15 is 0 Å². The zero-order valence-corrected chi connectivity index (χ0v) is 13.0. The first-order valence-corrected chi connectivity index (χ1v) is 8.27. The summed E-state index contributed by atoms with van der Waals surface area (Å²) in [5.74, 6) is 0. The van der Waals surface area contributed by atoms with E-state index < -0.39 is 22.2 Å². The molecule has 0 aromatic heterocycles. The number of aliphatic hydroxyl groups is 1. The van der Waals surface area contributed by atoms with E-state index in [0.717, 1.165) is 0 Å². The summed E-state index contributed by atoms with van der Waals surface area (Å²) in [7, 11) is -3.70. The highest BCUT2D eigenvalue weighted by molar-refractivity contribution is 7.89. The molecule has 0 radical (unpaired) electrons. The van der Waals surface area contributed by atoms with Crippen LogP contribution in [0.1, 0.15) is 18.6 Å². The molecule has 0 aliphatic carbocycles. The quantitative estimate of drug-likeness (QED) is 0.888. The van der Waals surface area contributed by atoms with Crippen LogP contribution >= 0.6 is 11.6 Å². The van der Waals surface area contributed by atoms with Crippen LogP contribution in [0.2, 0.25) is 5.02 Å². The Morgan fingerprint density at radius 3 is 2.19 bits per heavy atom. The summed E-state index contributed by atoms with van der Waals surface area (Å²) < 4.78 is 26.9. The summed E-state index contributed by atoms with van der Waals surface area (Å²) in [5.41, 5.74) is 0.656. The van der Waals surface area contributed by atoms with Gasteiger partial charge in [-0.1, -0.05) is 41.9 Å². The predicted molar refractivity (Wildman–Crippen MR) is 82.6 cm³/mol. The maximum Gasteiger partial charge on any atom is 0.240 e. The van der Waals surface area contributed by atoms with Crippen LogP contribution in [-0.2, 0) is 10.0 Å². The topological polar surface area (TPSA) is 66.4 Å². The van der Waals surface area contributed by atoms with Crippen LogP contribution in [-0.4, -0.2) is 19.6 Å². The molecule has 2 aromatic carbocycles. The Hall–Kier alpha value is -1.40. The summed E-state index contributed by atoms with van der Waals surface area (Å²) in [6, 6.07) is 14.1. The molecule has 0 saturated heterocycles. The average Bonchev–Trinajstić information content (AvgIpc) is 2.47. The summed E-state index contributed by atoms with van der Waals surface area (Å²) in [6.07, 6.45) is -0.923. The number of nitrogens with one attached hydrogen (secondary N) is 1. The van der Waals surface area contributed by atoms with Crippen molar-refractivity contribution in [3.8, 4) is 0 Å². The van der Waals surface area contributed by atoms with Crippen molar-refractivity contribution in [1.29, 1.82) is 0 Å². The Bertz CT molecular complexity index is 687. The average molecular weight is 326 g/mol. The number of sulfonamides is 1. The number of hydrogen-bond acceptors (Lipinski definition) is 3. The SMILES string of the molecule is C[C@H](NS(=O)(=O)c1ccc(Cl)cc1)[C@@H](O)c1ccccc1. The van der Waals surface area contributed by atoms with Crippen molar-refractivity contribution < 1.29 is 13.5 Å². The molecule has 2 rings (SSSR count). The number of aliphatic hydroxyl groups excluding tert-OH is 1. The Labute approximate surface area is 129 Å². The number of benzene rings is 2. The van der Waals surface area contributed by atoms with Gasteiger partial charge in [-0.05, 0) is 36.8 Å². The molecule has 0 unspecified atom stereocenters. The first-order chi connectivity index (χ1) is 9.90. The highest BCUT2D eigenvalue weighted by Crippen LogP contribution is 2.19. The second-order valence-electron chi connectivity index (χ2n) is 4.72. The van der Waals surface area contributed by atoms with Crippen molar-refractivity contribution in [1.82, 2.24) is 4.72 Å². The fourth-order valence-corrected chi connectivity index (χ4v) is 3.30. The summed E-state index contributed by atoms with van der Waals surface area (Å²) in [5, 5.41) is 10.7. The molecule has 0 spiro atoms. The first kappa shape index (κ1) is 16.0. The Morgan fingerprint density at radius 2 is 1.62 bits per heavy atom. The standard InChI is InChI=1S/C15H16ClNO3S/c1-11(15(18)12-5-3-2-4-6-12)17-21(19,20)14-9-7-13(16)8-10-14/h2-11,15,17-18H,1H3/t11-,15+/m0/s1. The Morgan fingerprint density at radius 1 is 1.05 bits per heavy atom. The van der Waals surface area contributed by atoms with Crippen molar-refractivity contribution in [2.75, 3.05) is 0 Å². The van der Waals surface area contributed by atoms with E-state index in [1.54, 1.807) is 31.2 Å². The van der Waals surface area contributed by atoms with Gasteiger partial charge < -0.3 is 5.11 Å². The second-order valence-corrected chi connectivity index (χ2v) is 6.87. The van der Waals surface area contributed by atoms with Gasteiger partial charge in [0.15, 0.2) is 0 Å². The van der Waals surface area contributed by atoms with Gasteiger partial charge in [0.2, 0.25) is 10.0 Å². The molecule has 0 heterocycles. The molecule has 6 heteroatoms. The number of hydrogen-bond donors (Lipinski definition) is 2. The van der Waals surface area contributed by atoms with Gasteiger partial charge in [0.1, 0.15) is 0 Å². The molecule has 21 heavy (non-hydrogen) atoms. The minimum Gasteiger partial charge on any atom is -0.387 e. The molecule has 2 atom stereocenters. The molecular weight excluding hydrogens is 310 g/mol. The van der Waals surface area contributed by atoms with Crippen LogP contribution in [0.3, 0.4) is 0 Å². The first-order valence-electron chi connectivity index (χ1n) is 6.41. The molecular formula is C15H16ClNO3S. The molecule has 2 N–H and O–H groups in total. The van der Waals surface area contributed by atoms with Crippen LogP contribution in [0, 0.1) is 0 Å². The highest BCUT2D eigenvalue weighted by atomic mass is 35.5. The summed E-state index contributed by atoms with van der Waals surface area (Å²) >= 11 is 5.74. The van der Waals surface area contributed by atoms with Gasteiger partial charge in [-0.3, -0.25) is 0 Å². The van der Waals surface area contributed by atoms with Crippen molar-refractivity contribution in [3.05, 3.63) is 65.2 Å². The maximum atomic E-state index is 12.2. The largest absolute Gasteiger partial charge is 0.387 e. The van der Waals surface area contributed by atoms with Gasteiger partial charge >= 0.3 is 0 Å². The fraction of sp³-hybridized carbons (Fsp3) is 0.200. The molecule has 112 valence electrons. The van der Waals surface area contributed by atoms with Crippen molar-refractivity contribution in [3.63, 3.8) is 0 Å². The molecule has 0 saturated carbocycles. The van der Waals surface area contributed by atoms with Gasteiger partial charge in [-0.15, -0.1) is 0 Å². The van der Waals surface area contributed by atoms with Crippen LogP contribution in [0.4, 0.5) is 0 Å². The molecule has 0 amide bonds. The van der Waals surface area contributed by atoms with Crippen LogP contribution in [0.15, 0.2) is 59.5 Å². The van der Waals surface area contributed by atoms with Crippen LogP contribution < -0.4 is 4.72 Å². The van der Waals surface area contributed by atoms with E-state index in [2.05, 4.69) is 4.72 Å². The zero-order chi connectivity index (χ0) is 15.5. The van der Waals surface area contributed by atoms with Gasteiger partial charge in [-0.2, -0.15) is 0 Å². The van der Waals surface area contributed by atoms with Gasteiger partial charge in [0.25, 0.3) is 0 Å². The van der Waals surface area contributed by atoms with E-state index in [-0.39, 0.29) is 4.90 Å². The highest BCUT2D eigenvalue weighted by Gasteiger charge is 2.23. The van der Waals surface area contributed by atoms with Gasteiger partial charge in [-0.25, -0.2) is 13.1 Å². The normalized spacial score (nSPS) is 14.6. The van der Waals surface area contributed by atoms with Gasteiger partial charge in [0.05, 0.1) is 11.0 Å². The maximum absolute atomic E-state index is 12.2. The lowest BCUT2D eigenvalue weighted by molar-refractivity contribution is 0.146. The molecule has 0 aliphatic rings. The van der Waals surface area contributed by atoms with Crippen molar-refractivity contribution in [2.45, 2.75) is 24.0 Å². The summed E-state index contributed by atoms with van der Waals surface area (Å²) in [4.78, 5) is 0.110. The van der Waals surface area contributed by atoms with Crippen molar-refractivity contribution in [2.24, 2.45) is 0 Å². The zero-order valence-electron chi connectivity index (χ0n) is 11.4. The van der Waals surface area contributed by atoms with E-state index in [1.807, 2.05) is 6.07 Å². The van der Waals surface area contributed by atoms with Crippen LogP contribution in [0.25, 0.3) is 0 Å². The lowest BCUT2D eigenvalue weighted by Gasteiger charge is -2.20. The van der Waals surface area contributed by atoms with E-state index in [4.69, 9.17) is 11.6 Å². The Kier molecular flexibility index (Phi) is 5.00. The third-order valence-electron chi connectivity index (χ3n) is 3.08. The number of halogens is 1. The summed E-state index contributed by atoms with van der Waals surface area (Å²) in [6.45, 7) is 1.62. The molecule has 0 bridgehead atoms. The van der Waals surface area contributed by atoms with Crippen LogP contribution in [0.5, 0.6) is 0 Å². The minimum absolute atomic E-state index is 0.110. The van der Waals surface area contributed by atoms with Crippen molar-refractivity contribution >= 4 is 21.6 Å². The third-order valence-corrected chi connectivity index (χ3v) is 4.91. The molecule has 0 aliphatic heterocycles. The molecule has 0 fully saturated rings. The lowest BCUT2D eigenvalue weighted by atomic mass is 10.0. The fourth-order valence-electron chi connectivity index (χ4n) is 1.93. The van der Waals surface area contributed by atoms with E-state index in [9.17, 15) is 13.5 Å². The van der Waals surface area contributed by atoms with E-state index in [0.29, 0.717) is 10.6 Å². The monoisotopic (exact) mass is 325 g/mol. The predicted octanol–water partition coefficient (Wildman–Crippen LogP) is 2.74. The number of rotatable bonds is 5. The minimum atomic E-state index is -3.70. The lowest BCUT2D eigenvalue weighted by Crippen LogP contribution is -2.37. The smallest absolute Gasteiger partial charge is 0.240 e. The Balaban J connectivity index is 2.14. The molecule has 4 nitrogen and oxygen atoms in total. The second kappa shape index (κ2) is 6.58.